The highest BCUT2D eigenvalue weighted by Crippen LogP contribution is 2.49. The van der Waals surface area contributed by atoms with Gasteiger partial charge in [-0.3, -0.25) is 0 Å². The lowest BCUT2D eigenvalue weighted by atomic mass is 9.81. The van der Waals surface area contributed by atoms with Crippen molar-refractivity contribution in [2.24, 2.45) is 11.5 Å². The third-order valence-electron chi connectivity index (χ3n) is 5.51. The monoisotopic (exact) mass is 340 g/mol. The number of nitrogens with two attached hydrogens (primary N) is 2. The first-order valence-electron chi connectivity index (χ1n) is 9.01. The van der Waals surface area contributed by atoms with Gasteiger partial charge in [-0.1, -0.05) is 68.4 Å². The Morgan fingerprint density at radius 3 is 2.35 bits per heavy atom. The quantitative estimate of drug-likeness (QED) is 0.694. The molecule has 1 aliphatic carbocycles. The van der Waals surface area contributed by atoms with Gasteiger partial charge in [-0.2, -0.15) is 0 Å². The van der Waals surface area contributed by atoms with Crippen LogP contribution in [-0.2, 0) is 5.41 Å². The molecular formula is C24H24N2. The molecule has 0 saturated carbocycles. The SMILES string of the molecule is CC1(C)c2ccccc2-c2ccc(-c3cccc(C(N)/C=C\N)c3)cc21. The maximum absolute atomic E-state index is 6.18. The maximum atomic E-state index is 6.18. The molecule has 0 heterocycles. The summed E-state index contributed by atoms with van der Waals surface area (Å²) in [6.45, 7) is 4.61. The van der Waals surface area contributed by atoms with Gasteiger partial charge < -0.3 is 11.5 Å². The van der Waals surface area contributed by atoms with E-state index in [1.54, 1.807) is 0 Å². The average Bonchev–Trinajstić information content (AvgIpc) is 2.90. The molecule has 0 spiro atoms. The van der Waals surface area contributed by atoms with Crippen molar-refractivity contribution in [3.8, 4) is 22.3 Å². The zero-order valence-electron chi connectivity index (χ0n) is 15.2. The van der Waals surface area contributed by atoms with Crippen LogP contribution in [0.15, 0.2) is 79.0 Å². The summed E-state index contributed by atoms with van der Waals surface area (Å²) in [6, 6.07) is 23.7. The fourth-order valence-corrected chi connectivity index (χ4v) is 4.04. The minimum Gasteiger partial charge on any atom is -0.405 e. The van der Waals surface area contributed by atoms with Gasteiger partial charge in [0.2, 0.25) is 0 Å². The van der Waals surface area contributed by atoms with Crippen LogP contribution in [0.2, 0.25) is 0 Å². The summed E-state index contributed by atoms with van der Waals surface area (Å²) < 4.78 is 0. The molecule has 26 heavy (non-hydrogen) atoms. The van der Waals surface area contributed by atoms with Crippen LogP contribution in [0.3, 0.4) is 0 Å². The van der Waals surface area contributed by atoms with E-state index in [-0.39, 0.29) is 11.5 Å². The summed E-state index contributed by atoms with van der Waals surface area (Å²) >= 11 is 0. The van der Waals surface area contributed by atoms with Crippen LogP contribution in [0.5, 0.6) is 0 Å². The number of hydrogen-bond acceptors (Lipinski definition) is 2. The normalized spacial score (nSPS) is 15.7. The van der Waals surface area contributed by atoms with Gasteiger partial charge in [0, 0.05) is 11.5 Å². The van der Waals surface area contributed by atoms with E-state index in [2.05, 4.69) is 74.5 Å². The lowest BCUT2D eigenvalue weighted by Gasteiger charge is -2.22. The van der Waals surface area contributed by atoms with Crippen molar-refractivity contribution in [3.63, 3.8) is 0 Å². The predicted molar refractivity (Wildman–Crippen MR) is 110 cm³/mol. The van der Waals surface area contributed by atoms with Gasteiger partial charge >= 0.3 is 0 Å². The van der Waals surface area contributed by atoms with E-state index >= 15 is 0 Å². The first-order valence-corrected chi connectivity index (χ1v) is 9.01. The minimum atomic E-state index is -0.185. The molecule has 0 radical (unpaired) electrons. The summed E-state index contributed by atoms with van der Waals surface area (Å²) in [4.78, 5) is 0. The van der Waals surface area contributed by atoms with E-state index in [1.165, 1.54) is 39.6 Å². The molecular weight excluding hydrogens is 316 g/mol. The molecule has 1 atom stereocenters. The van der Waals surface area contributed by atoms with Crippen LogP contribution < -0.4 is 11.5 Å². The largest absolute Gasteiger partial charge is 0.405 e. The Morgan fingerprint density at radius 2 is 1.54 bits per heavy atom. The standard InChI is InChI=1S/C24H24N2/c1-24(2)21-9-4-3-8-19(21)20-11-10-17(15-22(20)24)16-6-5-7-18(14-16)23(26)12-13-25/h3-15,23H,25-26H2,1-2H3/b13-12-. The zero-order chi connectivity index (χ0) is 18.3. The van der Waals surface area contributed by atoms with Gasteiger partial charge in [0.1, 0.15) is 0 Å². The van der Waals surface area contributed by atoms with Crippen LogP contribution >= 0.6 is 0 Å². The molecule has 0 bridgehead atoms. The average molecular weight is 340 g/mol. The fourth-order valence-electron chi connectivity index (χ4n) is 4.04. The maximum Gasteiger partial charge on any atom is 0.0498 e. The highest BCUT2D eigenvalue weighted by molar-refractivity contribution is 5.83. The van der Waals surface area contributed by atoms with E-state index < -0.39 is 0 Å². The van der Waals surface area contributed by atoms with Crippen molar-refractivity contribution in [3.05, 3.63) is 95.7 Å². The second kappa shape index (κ2) is 6.15. The Morgan fingerprint density at radius 1 is 0.808 bits per heavy atom. The van der Waals surface area contributed by atoms with Crippen LogP contribution in [0.1, 0.15) is 36.6 Å². The van der Waals surface area contributed by atoms with Gasteiger partial charge in [-0.05, 0) is 63.4 Å². The highest BCUT2D eigenvalue weighted by Gasteiger charge is 2.35. The Labute approximate surface area is 155 Å². The van der Waals surface area contributed by atoms with E-state index in [4.69, 9.17) is 11.5 Å². The van der Waals surface area contributed by atoms with Gasteiger partial charge in [0.25, 0.3) is 0 Å². The lowest BCUT2D eigenvalue weighted by molar-refractivity contribution is 0.660. The molecule has 2 nitrogen and oxygen atoms in total. The van der Waals surface area contributed by atoms with Gasteiger partial charge in [0.15, 0.2) is 0 Å². The molecule has 0 saturated heterocycles. The zero-order valence-corrected chi connectivity index (χ0v) is 15.2. The minimum absolute atomic E-state index is 0.0121. The second-order valence-electron chi connectivity index (χ2n) is 7.47. The van der Waals surface area contributed by atoms with Crippen LogP contribution in [0.25, 0.3) is 22.3 Å². The Kier molecular flexibility index (Phi) is 3.93. The number of benzene rings is 3. The summed E-state index contributed by atoms with van der Waals surface area (Å²) in [5.74, 6) is 0. The van der Waals surface area contributed by atoms with Crippen molar-refractivity contribution in [2.75, 3.05) is 0 Å². The van der Waals surface area contributed by atoms with Crippen LogP contribution in [0.4, 0.5) is 0 Å². The van der Waals surface area contributed by atoms with Crippen LogP contribution in [-0.4, -0.2) is 0 Å². The predicted octanol–water partition coefficient (Wildman–Crippen LogP) is 5.13. The van der Waals surface area contributed by atoms with Crippen molar-refractivity contribution in [2.45, 2.75) is 25.3 Å². The smallest absolute Gasteiger partial charge is 0.0498 e. The van der Waals surface area contributed by atoms with Crippen molar-refractivity contribution in [1.82, 2.24) is 0 Å². The number of rotatable bonds is 3. The first kappa shape index (κ1) is 16.6. The van der Waals surface area contributed by atoms with Crippen molar-refractivity contribution < 1.29 is 0 Å². The number of hydrogen-bond donors (Lipinski definition) is 2. The third-order valence-corrected chi connectivity index (χ3v) is 5.51. The van der Waals surface area contributed by atoms with E-state index in [0.717, 1.165) is 5.56 Å². The second-order valence-corrected chi connectivity index (χ2v) is 7.47. The van der Waals surface area contributed by atoms with Crippen LogP contribution in [0, 0.1) is 0 Å². The summed E-state index contributed by atoms with van der Waals surface area (Å²) in [5, 5.41) is 0. The van der Waals surface area contributed by atoms with E-state index in [0.29, 0.717) is 0 Å². The third kappa shape index (κ3) is 2.54. The summed E-state index contributed by atoms with van der Waals surface area (Å²) in [7, 11) is 0. The molecule has 4 N–H and O–H groups in total. The molecule has 0 aliphatic heterocycles. The molecule has 2 heteroatoms. The fraction of sp³-hybridized carbons (Fsp3) is 0.167. The van der Waals surface area contributed by atoms with E-state index in [1.807, 2.05) is 12.1 Å². The molecule has 1 unspecified atom stereocenters. The van der Waals surface area contributed by atoms with Gasteiger partial charge in [-0.25, -0.2) is 0 Å². The molecule has 0 aromatic heterocycles. The molecule has 4 rings (SSSR count). The Hall–Kier alpha value is -2.84. The van der Waals surface area contributed by atoms with Gasteiger partial charge in [-0.15, -0.1) is 0 Å². The summed E-state index contributed by atoms with van der Waals surface area (Å²) in [6.07, 6.45) is 3.31. The molecule has 0 fully saturated rings. The Balaban J connectivity index is 1.81. The lowest BCUT2D eigenvalue weighted by Crippen LogP contribution is -2.14. The van der Waals surface area contributed by atoms with Gasteiger partial charge in [0.05, 0.1) is 0 Å². The first-order chi connectivity index (χ1) is 12.5. The highest BCUT2D eigenvalue weighted by atomic mass is 14.6. The molecule has 3 aromatic carbocycles. The number of fused-ring (bicyclic) bond motifs is 3. The molecule has 3 aromatic rings. The molecule has 1 aliphatic rings. The van der Waals surface area contributed by atoms with Crippen molar-refractivity contribution in [1.29, 1.82) is 0 Å². The van der Waals surface area contributed by atoms with E-state index in [9.17, 15) is 0 Å². The Bertz CT molecular complexity index is 999. The van der Waals surface area contributed by atoms with Crippen molar-refractivity contribution >= 4 is 0 Å². The summed E-state index contributed by atoms with van der Waals surface area (Å²) in [5.41, 5.74) is 20.6. The topological polar surface area (TPSA) is 52.0 Å². The molecule has 130 valence electrons. The molecule has 0 amide bonds.